The molecule has 0 bridgehead atoms. The number of nitriles is 1. The Bertz CT molecular complexity index is 893. The highest BCUT2D eigenvalue weighted by Gasteiger charge is 2.48. The number of ether oxygens (including phenoxy) is 1. The number of nitrogens with zero attached hydrogens (tertiary/aromatic N) is 3. The zero-order chi connectivity index (χ0) is 18.4. The summed E-state index contributed by atoms with van der Waals surface area (Å²) in [7, 11) is 6.27. The topological polar surface area (TPSA) is 74.3 Å². The molecule has 3 heterocycles. The lowest BCUT2D eigenvalue weighted by Crippen LogP contribution is -2.50. The maximum atomic E-state index is 9.00. The van der Waals surface area contributed by atoms with E-state index in [-0.39, 0.29) is 11.4 Å². The molecule has 1 N–H and O–H groups in total. The van der Waals surface area contributed by atoms with E-state index in [1.54, 1.807) is 12.3 Å². The van der Waals surface area contributed by atoms with Crippen molar-refractivity contribution in [2.45, 2.75) is 56.2 Å². The zero-order valence-corrected chi connectivity index (χ0v) is 15.4. The second kappa shape index (κ2) is 6.54. The van der Waals surface area contributed by atoms with Gasteiger partial charge in [0, 0.05) is 36.6 Å². The monoisotopic (exact) mass is 362 g/mol. The molecule has 2 aromatic rings. The van der Waals surface area contributed by atoms with Crippen molar-refractivity contribution in [3.05, 3.63) is 18.0 Å². The van der Waals surface area contributed by atoms with E-state index in [4.69, 9.17) is 22.3 Å². The van der Waals surface area contributed by atoms with Crippen LogP contribution in [-0.2, 0) is 4.74 Å². The number of hydrogen-bond donors (Lipinski definition) is 1. The molecule has 5 rings (SSSR count). The molecule has 3 aliphatic rings. The van der Waals surface area contributed by atoms with Crippen LogP contribution < -0.4 is 10.8 Å². The molecule has 2 aromatic heterocycles. The van der Waals surface area contributed by atoms with E-state index in [0.717, 1.165) is 37.9 Å². The molecule has 27 heavy (non-hydrogen) atoms. The van der Waals surface area contributed by atoms with Crippen molar-refractivity contribution in [1.29, 1.82) is 5.26 Å². The molecule has 2 aliphatic carbocycles. The lowest BCUT2D eigenvalue weighted by atomic mass is 9.88. The predicted molar refractivity (Wildman–Crippen MR) is 103 cm³/mol. The van der Waals surface area contributed by atoms with Gasteiger partial charge in [-0.1, -0.05) is 0 Å². The fourth-order valence-electron chi connectivity index (χ4n) is 4.61. The quantitative estimate of drug-likeness (QED) is 0.843. The minimum Gasteiger partial charge on any atom is -0.444 e. The summed E-state index contributed by atoms with van der Waals surface area (Å²) >= 11 is 0. The largest absolute Gasteiger partial charge is 0.444 e. The number of nitrogens with one attached hydrogen (secondary N) is 1. The SMILES string of the molecule is [B]c1c(NC2CCC(N3CCOC4(CC4)C3)CC2)ncc2oc(C#N)cc12. The van der Waals surface area contributed by atoms with Gasteiger partial charge in [0.2, 0.25) is 5.76 Å². The Morgan fingerprint density at radius 2 is 2.11 bits per heavy atom. The molecule has 1 aliphatic heterocycles. The van der Waals surface area contributed by atoms with Crippen molar-refractivity contribution in [1.82, 2.24) is 9.88 Å². The number of pyridine rings is 1. The van der Waals surface area contributed by atoms with Crippen molar-refractivity contribution in [3.63, 3.8) is 0 Å². The second-order valence-electron chi connectivity index (χ2n) is 8.17. The Hall–Kier alpha value is -2.04. The van der Waals surface area contributed by atoms with Crippen molar-refractivity contribution < 1.29 is 9.15 Å². The fraction of sp³-hybridized carbons (Fsp3) is 0.600. The van der Waals surface area contributed by atoms with E-state index in [1.807, 2.05) is 6.07 Å². The van der Waals surface area contributed by atoms with Gasteiger partial charge in [0.1, 0.15) is 19.7 Å². The number of furan rings is 1. The number of anilines is 1. The molecule has 2 radical (unpaired) electrons. The van der Waals surface area contributed by atoms with E-state index in [2.05, 4.69) is 15.2 Å². The number of rotatable bonds is 3. The summed E-state index contributed by atoms with van der Waals surface area (Å²) in [6, 6.07) is 4.74. The molecule has 0 aromatic carbocycles. The zero-order valence-electron chi connectivity index (χ0n) is 15.4. The standard InChI is InChI=1S/C20H23BN4O2/c21-18-16-9-15(10-22)27-17(16)11-23-19(18)24-13-1-3-14(4-2-13)25-7-8-26-20(12-25)5-6-20/h9,11,13-14H,1-8,12H2,(H,23,24). The van der Waals surface area contributed by atoms with Crippen LogP contribution in [0.25, 0.3) is 11.0 Å². The number of fused-ring (bicyclic) bond motifs is 1. The molecule has 1 saturated heterocycles. The van der Waals surface area contributed by atoms with E-state index < -0.39 is 0 Å². The molecule has 0 unspecified atom stereocenters. The first-order valence-electron chi connectivity index (χ1n) is 9.88. The van der Waals surface area contributed by atoms with E-state index in [1.165, 1.54) is 25.7 Å². The summed E-state index contributed by atoms with van der Waals surface area (Å²) in [6.07, 6.45) is 8.72. The number of aromatic nitrogens is 1. The molecular formula is C20H23BN4O2. The van der Waals surface area contributed by atoms with Gasteiger partial charge in [0.15, 0.2) is 5.58 Å². The van der Waals surface area contributed by atoms with Gasteiger partial charge in [-0.05, 0) is 44.0 Å². The van der Waals surface area contributed by atoms with Gasteiger partial charge >= 0.3 is 0 Å². The molecule has 6 nitrogen and oxygen atoms in total. The predicted octanol–water partition coefficient (Wildman–Crippen LogP) is 2.08. The third-order valence-corrected chi connectivity index (χ3v) is 6.37. The van der Waals surface area contributed by atoms with Gasteiger partial charge in [-0.15, -0.1) is 0 Å². The van der Waals surface area contributed by atoms with Crippen molar-refractivity contribution >= 4 is 30.1 Å². The first-order chi connectivity index (χ1) is 13.2. The minimum atomic E-state index is 0.202. The third-order valence-electron chi connectivity index (χ3n) is 6.37. The van der Waals surface area contributed by atoms with Crippen molar-refractivity contribution in [2.24, 2.45) is 0 Å². The fourth-order valence-corrected chi connectivity index (χ4v) is 4.61. The molecule has 7 heteroatoms. The van der Waals surface area contributed by atoms with Gasteiger partial charge in [0.05, 0.1) is 18.4 Å². The van der Waals surface area contributed by atoms with Gasteiger partial charge in [-0.25, -0.2) is 4.98 Å². The Balaban J connectivity index is 1.22. The summed E-state index contributed by atoms with van der Waals surface area (Å²) in [6.45, 7) is 3.06. The molecule has 0 atom stereocenters. The maximum absolute atomic E-state index is 9.00. The Morgan fingerprint density at radius 1 is 1.30 bits per heavy atom. The molecular weight excluding hydrogens is 339 g/mol. The van der Waals surface area contributed by atoms with E-state index >= 15 is 0 Å². The average molecular weight is 362 g/mol. The molecule has 2 saturated carbocycles. The normalized spacial score (nSPS) is 27.5. The van der Waals surface area contributed by atoms with Crippen molar-refractivity contribution in [2.75, 3.05) is 25.0 Å². The van der Waals surface area contributed by atoms with Crippen LogP contribution in [0.1, 0.15) is 44.3 Å². The molecule has 0 amide bonds. The molecule has 3 fully saturated rings. The lowest BCUT2D eigenvalue weighted by Gasteiger charge is -2.42. The summed E-state index contributed by atoms with van der Waals surface area (Å²) in [5.41, 5.74) is 1.32. The van der Waals surface area contributed by atoms with Crippen LogP contribution in [0.4, 0.5) is 5.82 Å². The van der Waals surface area contributed by atoms with Crippen LogP contribution in [0.2, 0.25) is 0 Å². The van der Waals surface area contributed by atoms with Crippen LogP contribution in [-0.4, -0.2) is 55.1 Å². The van der Waals surface area contributed by atoms with Gasteiger partial charge in [0.25, 0.3) is 0 Å². The van der Waals surface area contributed by atoms with Crippen LogP contribution in [0.3, 0.4) is 0 Å². The van der Waals surface area contributed by atoms with Crippen LogP contribution in [0, 0.1) is 11.3 Å². The first-order valence-corrected chi connectivity index (χ1v) is 9.88. The highest BCUT2D eigenvalue weighted by molar-refractivity contribution is 6.41. The van der Waals surface area contributed by atoms with E-state index in [9.17, 15) is 0 Å². The third kappa shape index (κ3) is 3.22. The number of morpholine rings is 1. The summed E-state index contributed by atoms with van der Waals surface area (Å²) < 4.78 is 11.4. The Morgan fingerprint density at radius 3 is 2.85 bits per heavy atom. The van der Waals surface area contributed by atoms with Gasteiger partial charge < -0.3 is 14.5 Å². The maximum Gasteiger partial charge on any atom is 0.204 e. The highest BCUT2D eigenvalue weighted by atomic mass is 16.5. The van der Waals surface area contributed by atoms with E-state index in [0.29, 0.717) is 28.9 Å². The summed E-state index contributed by atoms with van der Waals surface area (Å²) in [4.78, 5) is 7.07. The molecule has 138 valence electrons. The summed E-state index contributed by atoms with van der Waals surface area (Å²) in [5.74, 6) is 0.953. The van der Waals surface area contributed by atoms with Crippen LogP contribution in [0.5, 0.6) is 0 Å². The van der Waals surface area contributed by atoms with Crippen LogP contribution in [0.15, 0.2) is 16.7 Å². The lowest BCUT2D eigenvalue weighted by molar-refractivity contribution is -0.0643. The minimum absolute atomic E-state index is 0.202. The Kier molecular flexibility index (Phi) is 4.14. The van der Waals surface area contributed by atoms with Gasteiger partial charge in [-0.2, -0.15) is 5.26 Å². The number of hydrogen-bond acceptors (Lipinski definition) is 6. The van der Waals surface area contributed by atoms with Gasteiger partial charge in [-0.3, -0.25) is 4.90 Å². The van der Waals surface area contributed by atoms with Crippen LogP contribution >= 0.6 is 0 Å². The highest BCUT2D eigenvalue weighted by Crippen LogP contribution is 2.43. The summed E-state index contributed by atoms with van der Waals surface area (Å²) in [5, 5.41) is 13.3. The Labute approximate surface area is 160 Å². The second-order valence-corrected chi connectivity index (χ2v) is 8.17. The average Bonchev–Trinajstić information content (AvgIpc) is 3.29. The first kappa shape index (κ1) is 17.1. The van der Waals surface area contributed by atoms with Crippen molar-refractivity contribution in [3.8, 4) is 6.07 Å². The smallest absolute Gasteiger partial charge is 0.204 e. The molecule has 1 spiro atoms.